The van der Waals surface area contributed by atoms with Crippen LogP contribution in [0.4, 0.5) is 0 Å². The Balaban J connectivity index is 4.43. The molecule has 9 nitrogen and oxygen atoms in total. The predicted octanol–water partition coefficient (Wildman–Crippen LogP) is 12.3. The second kappa shape index (κ2) is 38.7. The van der Waals surface area contributed by atoms with Gasteiger partial charge in [0.1, 0.15) is 19.8 Å². The molecule has 0 spiro atoms. The van der Waals surface area contributed by atoms with Gasteiger partial charge in [0.2, 0.25) is 0 Å². The Labute approximate surface area is 344 Å². The van der Waals surface area contributed by atoms with Crippen LogP contribution in [0.1, 0.15) is 194 Å². The highest BCUT2D eigenvalue weighted by molar-refractivity contribution is 7.45. The van der Waals surface area contributed by atoms with Crippen LogP contribution in [-0.2, 0) is 32.7 Å². The number of phosphoric acid groups is 1. The van der Waals surface area contributed by atoms with E-state index in [-0.39, 0.29) is 19.6 Å². The number of hydrogen-bond donors (Lipinski definition) is 0. The molecular weight excluding hydrogens is 725 g/mol. The minimum atomic E-state index is -4.64. The summed E-state index contributed by atoms with van der Waals surface area (Å²) in [5.41, 5.74) is 0. The third kappa shape index (κ3) is 41.9. The van der Waals surface area contributed by atoms with Crippen LogP contribution in [-0.4, -0.2) is 70.0 Å². The molecule has 0 aromatic carbocycles. The summed E-state index contributed by atoms with van der Waals surface area (Å²) in [6.45, 7) is 4.10. The summed E-state index contributed by atoms with van der Waals surface area (Å²) in [5, 5.41) is 0. The molecule has 2 atom stereocenters. The third-order valence-corrected chi connectivity index (χ3v) is 10.7. The number of rotatable bonds is 41. The number of esters is 2. The molecule has 0 saturated heterocycles. The van der Waals surface area contributed by atoms with Gasteiger partial charge in [0.05, 0.1) is 27.7 Å². The number of quaternary nitrogens is 1. The van der Waals surface area contributed by atoms with Crippen molar-refractivity contribution in [2.45, 2.75) is 200 Å². The van der Waals surface area contributed by atoms with Crippen molar-refractivity contribution >= 4 is 19.8 Å². The van der Waals surface area contributed by atoms with Crippen molar-refractivity contribution in [2.75, 3.05) is 47.5 Å². The van der Waals surface area contributed by atoms with Crippen LogP contribution in [0.2, 0.25) is 0 Å². The van der Waals surface area contributed by atoms with Crippen molar-refractivity contribution in [3.63, 3.8) is 0 Å². The Morgan fingerprint density at radius 1 is 0.589 bits per heavy atom. The van der Waals surface area contributed by atoms with Gasteiger partial charge in [0, 0.05) is 12.5 Å². The molecule has 0 radical (unpaired) electrons. The fourth-order valence-electron chi connectivity index (χ4n) is 6.15. The van der Waals surface area contributed by atoms with E-state index in [2.05, 4.69) is 26.0 Å². The summed E-state index contributed by atoms with van der Waals surface area (Å²) in [5.74, 6) is -1.09. The van der Waals surface area contributed by atoms with E-state index < -0.39 is 32.5 Å². The lowest BCUT2D eigenvalue weighted by Crippen LogP contribution is -2.37. The van der Waals surface area contributed by atoms with Crippen LogP contribution in [0, 0.1) is 0 Å². The van der Waals surface area contributed by atoms with Crippen LogP contribution in [0.5, 0.6) is 0 Å². The second-order valence-corrected chi connectivity index (χ2v) is 17.9. The molecule has 0 amide bonds. The Kier molecular flexibility index (Phi) is 37.5. The van der Waals surface area contributed by atoms with Crippen LogP contribution >= 0.6 is 7.82 Å². The highest BCUT2D eigenvalue weighted by Gasteiger charge is 2.21. The molecule has 328 valence electrons. The number of phosphoric ester groups is 1. The molecule has 0 N–H and O–H groups in total. The first-order valence-corrected chi connectivity index (χ1v) is 24.2. The van der Waals surface area contributed by atoms with Gasteiger partial charge in [-0.05, 0) is 44.9 Å². The highest BCUT2D eigenvalue weighted by atomic mass is 31.2. The lowest BCUT2D eigenvalue weighted by molar-refractivity contribution is -0.870. The minimum Gasteiger partial charge on any atom is -0.756 e. The van der Waals surface area contributed by atoms with Crippen molar-refractivity contribution in [2.24, 2.45) is 0 Å². The molecule has 1 unspecified atom stereocenters. The van der Waals surface area contributed by atoms with Gasteiger partial charge in [-0.25, -0.2) is 4.79 Å². The molecule has 0 aliphatic rings. The molecule has 0 aromatic heterocycles. The van der Waals surface area contributed by atoms with Crippen molar-refractivity contribution in [1.82, 2.24) is 0 Å². The quantitative estimate of drug-likeness (QED) is 0.0114. The zero-order chi connectivity index (χ0) is 41.4. The smallest absolute Gasteiger partial charge is 0.330 e. The van der Waals surface area contributed by atoms with Crippen LogP contribution in [0.3, 0.4) is 0 Å². The number of allylic oxidation sites excluding steroid dienone is 5. The second-order valence-electron chi connectivity index (χ2n) is 16.5. The monoisotopic (exact) mass is 812 g/mol. The maximum atomic E-state index is 12.7. The molecule has 0 bridgehead atoms. The largest absolute Gasteiger partial charge is 0.756 e. The van der Waals surface area contributed by atoms with E-state index in [9.17, 15) is 19.0 Å². The summed E-state index contributed by atoms with van der Waals surface area (Å²) in [7, 11) is 1.12. The summed E-state index contributed by atoms with van der Waals surface area (Å²) in [4.78, 5) is 37.4. The molecule has 0 aliphatic carbocycles. The number of carbonyl (C=O) groups is 2. The molecule has 0 heterocycles. The zero-order valence-electron chi connectivity index (χ0n) is 36.8. The van der Waals surface area contributed by atoms with E-state index >= 15 is 0 Å². The lowest BCUT2D eigenvalue weighted by atomic mass is 10.1. The molecule has 10 heteroatoms. The average Bonchev–Trinajstić information content (AvgIpc) is 3.15. The van der Waals surface area contributed by atoms with Gasteiger partial charge in [-0.2, -0.15) is 0 Å². The zero-order valence-corrected chi connectivity index (χ0v) is 37.7. The Morgan fingerprint density at radius 2 is 1.04 bits per heavy atom. The Bertz CT molecular complexity index is 1050. The Morgan fingerprint density at radius 3 is 1.52 bits per heavy atom. The Hall–Kier alpha value is -1.77. The standard InChI is InChI=1S/C46H86NO8P/c1-6-8-10-12-14-16-18-20-22-23-25-27-29-31-33-35-37-39-46(49)55-44(43-54-56(50,51)53-41-40-47(3,4)5)42-52-45(48)38-36-34-32-30-28-26-24-21-19-17-15-13-11-9-7-2/h20,22,32,34,36,38,44H,6-19,21,23-31,33,35,37,39-43H2,1-5H3/b22-20+,34-32+,38-36+/t44-/m1/s1. The lowest BCUT2D eigenvalue weighted by Gasteiger charge is -2.28. The first-order chi connectivity index (χ1) is 27.0. The number of nitrogens with zero attached hydrogens (tertiary/aromatic N) is 1. The van der Waals surface area contributed by atoms with Gasteiger partial charge in [-0.15, -0.1) is 0 Å². The van der Waals surface area contributed by atoms with E-state index in [1.165, 1.54) is 134 Å². The number of carbonyl (C=O) groups excluding carboxylic acids is 2. The van der Waals surface area contributed by atoms with Crippen LogP contribution in [0.25, 0.3) is 0 Å². The average molecular weight is 812 g/mol. The van der Waals surface area contributed by atoms with Gasteiger partial charge in [-0.1, -0.05) is 173 Å². The predicted molar refractivity (Wildman–Crippen MR) is 231 cm³/mol. The van der Waals surface area contributed by atoms with Gasteiger partial charge in [0.25, 0.3) is 7.82 Å². The molecular formula is C46H86NO8P. The number of unbranched alkanes of at least 4 members (excludes halogenated alkanes) is 24. The van der Waals surface area contributed by atoms with E-state index in [0.29, 0.717) is 17.4 Å². The highest BCUT2D eigenvalue weighted by Crippen LogP contribution is 2.38. The van der Waals surface area contributed by atoms with E-state index in [0.717, 1.165) is 38.5 Å². The summed E-state index contributed by atoms with van der Waals surface area (Å²) < 4.78 is 33.7. The summed E-state index contributed by atoms with van der Waals surface area (Å²) in [6, 6.07) is 0. The van der Waals surface area contributed by atoms with Crippen molar-refractivity contribution in [1.29, 1.82) is 0 Å². The fraction of sp³-hybridized carbons (Fsp3) is 0.826. The normalized spacial score (nSPS) is 13.9. The molecule has 0 saturated carbocycles. The molecule has 0 aromatic rings. The van der Waals surface area contributed by atoms with Crippen molar-refractivity contribution in [3.05, 3.63) is 36.5 Å². The van der Waals surface area contributed by atoms with Crippen molar-refractivity contribution < 1.29 is 42.1 Å². The van der Waals surface area contributed by atoms with Gasteiger partial charge in [0.15, 0.2) is 6.10 Å². The van der Waals surface area contributed by atoms with Crippen LogP contribution < -0.4 is 4.89 Å². The molecule has 0 aliphatic heterocycles. The van der Waals surface area contributed by atoms with Gasteiger partial charge >= 0.3 is 11.9 Å². The first kappa shape index (κ1) is 54.2. The summed E-state index contributed by atoms with van der Waals surface area (Å²) >= 11 is 0. The SMILES string of the molecule is CCCCCCCC/C=C/CCCCCCCCCC(=O)O[C@H](COC(=O)/C=C/C=C/CCCCCCCCCCCCC)COP(=O)([O-])OCC[N+](C)(C)C. The first-order valence-electron chi connectivity index (χ1n) is 22.7. The maximum Gasteiger partial charge on any atom is 0.330 e. The van der Waals surface area contributed by atoms with Gasteiger partial charge in [-0.3, -0.25) is 9.36 Å². The topological polar surface area (TPSA) is 111 Å². The number of hydrogen-bond acceptors (Lipinski definition) is 8. The molecule has 0 fully saturated rings. The minimum absolute atomic E-state index is 0.0440. The number of ether oxygens (including phenoxy) is 2. The van der Waals surface area contributed by atoms with E-state index in [1.54, 1.807) is 6.08 Å². The van der Waals surface area contributed by atoms with Gasteiger partial charge < -0.3 is 27.9 Å². The maximum absolute atomic E-state index is 12.7. The number of likely N-dealkylation sites (N-methyl/N-ethyl adjacent to an activating group) is 1. The molecule has 56 heavy (non-hydrogen) atoms. The fourth-order valence-corrected chi connectivity index (χ4v) is 6.88. The third-order valence-electron chi connectivity index (χ3n) is 9.74. The van der Waals surface area contributed by atoms with E-state index in [4.69, 9.17) is 18.5 Å². The molecule has 0 rings (SSSR count). The van der Waals surface area contributed by atoms with E-state index in [1.807, 2.05) is 33.3 Å². The van der Waals surface area contributed by atoms with Crippen LogP contribution in [0.15, 0.2) is 36.5 Å². The van der Waals surface area contributed by atoms with Crippen molar-refractivity contribution in [3.8, 4) is 0 Å². The summed E-state index contributed by atoms with van der Waals surface area (Å²) in [6.07, 6.45) is 43.7.